The van der Waals surface area contributed by atoms with E-state index in [1.54, 1.807) is 0 Å². The van der Waals surface area contributed by atoms with Gasteiger partial charge in [0.05, 0.1) is 6.10 Å². The molecule has 3 saturated carbocycles. The minimum atomic E-state index is -0.233. The largest absolute Gasteiger partial charge is 0.393 e. The first-order valence-electron chi connectivity index (χ1n) is 9.60. The van der Waals surface area contributed by atoms with Crippen LogP contribution in [0.1, 0.15) is 67.1 Å². The van der Waals surface area contributed by atoms with Gasteiger partial charge >= 0.3 is 0 Å². The molecular weight excluding hydrogens is 298 g/mol. The number of rotatable bonds is 3. The molecule has 0 unspecified atom stereocenters. The van der Waals surface area contributed by atoms with Gasteiger partial charge in [0.2, 0.25) is 5.91 Å². The number of amides is 1. The zero-order valence-corrected chi connectivity index (χ0v) is 14.5. The van der Waals surface area contributed by atoms with Gasteiger partial charge < -0.3 is 10.0 Å². The van der Waals surface area contributed by atoms with Gasteiger partial charge in [0, 0.05) is 24.4 Å². The van der Waals surface area contributed by atoms with E-state index < -0.39 is 0 Å². The molecule has 1 aromatic carbocycles. The van der Waals surface area contributed by atoms with Gasteiger partial charge in [-0.1, -0.05) is 18.2 Å². The summed E-state index contributed by atoms with van der Waals surface area (Å²) < 4.78 is 0. The zero-order chi connectivity index (χ0) is 16.5. The Balaban J connectivity index is 1.17. The molecule has 3 heteroatoms. The summed E-state index contributed by atoms with van der Waals surface area (Å²) in [5.41, 5.74) is 4.95. The summed E-state index contributed by atoms with van der Waals surface area (Å²) in [6.45, 7) is 4.17. The van der Waals surface area contributed by atoms with Crippen molar-refractivity contribution in [1.29, 1.82) is 0 Å². The molecule has 0 aromatic heterocycles. The molecule has 0 bridgehead atoms. The molecule has 4 fully saturated rings. The van der Waals surface area contributed by atoms with Gasteiger partial charge in [-0.2, -0.15) is 0 Å². The van der Waals surface area contributed by atoms with Gasteiger partial charge in [-0.15, -0.1) is 0 Å². The van der Waals surface area contributed by atoms with E-state index in [9.17, 15) is 9.90 Å². The maximum absolute atomic E-state index is 12.3. The highest BCUT2D eigenvalue weighted by Crippen LogP contribution is 2.57. The topological polar surface area (TPSA) is 40.5 Å². The standard InChI is InChI=1S/C21H27NO2/c1-13-6-15(14-2-3-14)4-5-19(13)17-9-21(10-17)11-22(12-21)20(24)16-7-18(23)8-16/h4-6,14,16-18,23H,2-3,7-12H2,1H3/t16-,18+. The van der Waals surface area contributed by atoms with Gasteiger partial charge in [-0.25, -0.2) is 0 Å². The molecule has 0 atom stereocenters. The smallest absolute Gasteiger partial charge is 0.225 e. The van der Waals surface area contributed by atoms with Crippen LogP contribution < -0.4 is 0 Å². The highest BCUT2D eigenvalue weighted by Gasteiger charge is 2.55. The summed E-state index contributed by atoms with van der Waals surface area (Å²) in [5, 5.41) is 9.37. The number of aliphatic hydroxyl groups is 1. The summed E-state index contributed by atoms with van der Waals surface area (Å²) in [6, 6.07) is 7.14. The average molecular weight is 325 g/mol. The third kappa shape index (κ3) is 2.32. The Labute approximate surface area is 144 Å². The van der Waals surface area contributed by atoms with Crippen LogP contribution in [0.15, 0.2) is 18.2 Å². The highest BCUT2D eigenvalue weighted by molar-refractivity contribution is 5.81. The molecule has 1 heterocycles. The molecule has 1 saturated heterocycles. The molecule has 1 N–H and O–H groups in total. The number of hydrogen-bond acceptors (Lipinski definition) is 2. The number of carbonyl (C=O) groups is 1. The van der Waals surface area contributed by atoms with Crippen molar-refractivity contribution >= 4 is 5.91 Å². The van der Waals surface area contributed by atoms with Crippen molar-refractivity contribution in [2.75, 3.05) is 13.1 Å². The molecule has 0 radical (unpaired) electrons. The van der Waals surface area contributed by atoms with Gasteiger partial charge in [-0.05, 0) is 74.0 Å². The lowest BCUT2D eigenvalue weighted by atomic mass is 9.55. The third-order valence-corrected chi connectivity index (χ3v) is 6.97. The molecule has 5 rings (SSSR count). The fourth-order valence-electron chi connectivity index (χ4n) is 5.26. The first-order chi connectivity index (χ1) is 11.5. The van der Waals surface area contributed by atoms with Crippen molar-refractivity contribution in [1.82, 2.24) is 4.90 Å². The molecule has 1 amide bonds. The SMILES string of the molecule is Cc1cc(C2CC2)ccc1C1CC2(C1)CN(C(=O)[C@H]1C[C@@H](O)C1)C2. The summed E-state index contributed by atoms with van der Waals surface area (Å²) >= 11 is 0. The van der Waals surface area contributed by atoms with Gasteiger partial charge in [0.1, 0.15) is 0 Å². The molecule has 1 spiro atoms. The van der Waals surface area contributed by atoms with Gasteiger partial charge in [0.25, 0.3) is 0 Å². The van der Waals surface area contributed by atoms with Crippen molar-refractivity contribution in [3.05, 3.63) is 34.9 Å². The molecule has 24 heavy (non-hydrogen) atoms. The molecular formula is C21H27NO2. The number of likely N-dealkylation sites (tertiary alicyclic amines) is 1. The summed E-state index contributed by atoms with van der Waals surface area (Å²) in [6.07, 6.45) is 6.35. The minimum absolute atomic E-state index is 0.102. The van der Waals surface area contributed by atoms with E-state index in [0.29, 0.717) is 30.1 Å². The zero-order valence-electron chi connectivity index (χ0n) is 14.5. The Morgan fingerprint density at radius 2 is 1.88 bits per heavy atom. The van der Waals surface area contributed by atoms with Crippen LogP contribution in [-0.2, 0) is 4.79 Å². The molecule has 3 nitrogen and oxygen atoms in total. The second-order valence-electron chi connectivity index (χ2n) is 9.01. The number of aryl methyl sites for hydroxylation is 1. The Hall–Kier alpha value is -1.35. The first kappa shape index (κ1) is 14.9. The second-order valence-corrected chi connectivity index (χ2v) is 9.01. The number of benzene rings is 1. The van der Waals surface area contributed by atoms with Crippen LogP contribution in [0.25, 0.3) is 0 Å². The van der Waals surface area contributed by atoms with Crippen LogP contribution in [0.5, 0.6) is 0 Å². The predicted octanol–water partition coefficient (Wildman–Crippen LogP) is 3.35. The predicted molar refractivity (Wildman–Crippen MR) is 92.9 cm³/mol. The summed E-state index contributed by atoms with van der Waals surface area (Å²) in [4.78, 5) is 14.3. The van der Waals surface area contributed by atoms with E-state index in [-0.39, 0.29) is 12.0 Å². The number of carbonyl (C=O) groups excluding carboxylic acids is 1. The van der Waals surface area contributed by atoms with Crippen LogP contribution in [0.4, 0.5) is 0 Å². The lowest BCUT2D eigenvalue weighted by Crippen LogP contribution is -2.64. The van der Waals surface area contributed by atoms with E-state index in [2.05, 4.69) is 25.1 Å². The van der Waals surface area contributed by atoms with Crippen molar-refractivity contribution in [2.24, 2.45) is 11.3 Å². The second kappa shape index (κ2) is 5.08. The fourth-order valence-corrected chi connectivity index (χ4v) is 5.26. The Bertz CT molecular complexity index is 673. The minimum Gasteiger partial charge on any atom is -0.393 e. The molecule has 128 valence electrons. The number of hydrogen-bond donors (Lipinski definition) is 1. The lowest BCUT2D eigenvalue weighted by Gasteiger charge is -2.60. The van der Waals surface area contributed by atoms with Gasteiger partial charge in [0.15, 0.2) is 0 Å². The van der Waals surface area contributed by atoms with Crippen LogP contribution >= 0.6 is 0 Å². The normalized spacial score (nSPS) is 31.3. The van der Waals surface area contributed by atoms with Crippen LogP contribution in [-0.4, -0.2) is 35.1 Å². The first-order valence-corrected chi connectivity index (χ1v) is 9.60. The van der Waals surface area contributed by atoms with Crippen LogP contribution in [0, 0.1) is 18.3 Å². The van der Waals surface area contributed by atoms with E-state index in [1.807, 2.05) is 4.90 Å². The third-order valence-electron chi connectivity index (χ3n) is 6.97. The van der Waals surface area contributed by atoms with Crippen molar-refractivity contribution in [3.63, 3.8) is 0 Å². The molecule has 1 aliphatic heterocycles. The number of aliphatic hydroxyl groups excluding tert-OH is 1. The van der Waals surface area contributed by atoms with Crippen LogP contribution in [0.3, 0.4) is 0 Å². The Morgan fingerprint density at radius 1 is 1.17 bits per heavy atom. The maximum atomic E-state index is 12.3. The molecule has 1 aromatic rings. The average Bonchev–Trinajstić information content (AvgIpc) is 3.26. The Kier molecular flexibility index (Phi) is 3.16. The number of nitrogens with zero attached hydrogens (tertiary/aromatic N) is 1. The van der Waals surface area contributed by atoms with Crippen molar-refractivity contribution in [3.8, 4) is 0 Å². The highest BCUT2D eigenvalue weighted by atomic mass is 16.3. The van der Waals surface area contributed by atoms with Crippen molar-refractivity contribution in [2.45, 2.75) is 63.4 Å². The maximum Gasteiger partial charge on any atom is 0.225 e. The van der Waals surface area contributed by atoms with Crippen molar-refractivity contribution < 1.29 is 9.90 Å². The summed E-state index contributed by atoms with van der Waals surface area (Å²) in [7, 11) is 0. The lowest BCUT2D eigenvalue weighted by molar-refractivity contribution is -0.162. The monoisotopic (exact) mass is 325 g/mol. The van der Waals surface area contributed by atoms with E-state index in [1.165, 1.54) is 42.4 Å². The molecule has 4 aliphatic rings. The fraction of sp³-hybridized carbons (Fsp3) is 0.667. The van der Waals surface area contributed by atoms with E-state index in [4.69, 9.17) is 0 Å². The van der Waals surface area contributed by atoms with E-state index in [0.717, 1.165) is 19.0 Å². The van der Waals surface area contributed by atoms with Crippen LogP contribution in [0.2, 0.25) is 0 Å². The summed E-state index contributed by atoms with van der Waals surface area (Å²) in [5.74, 6) is 1.92. The molecule has 3 aliphatic carbocycles. The van der Waals surface area contributed by atoms with Gasteiger partial charge in [-0.3, -0.25) is 4.79 Å². The van der Waals surface area contributed by atoms with E-state index >= 15 is 0 Å². The Morgan fingerprint density at radius 3 is 2.46 bits per heavy atom. The quantitative estimate of drug-likeness (QED) is 0.926.